The molecule has 0 saturated heterocycles. The summed E-state index contributed by atoms with van der Waals surface area (Å²) in [6, 6.07) is 11.4. The number of halogens is 1. The van der Waals surface area contributed by atoms with Crippen LogP contribution in [0.5, 0.6) is 0 Å². The Bertz CT molecular complexity index is 807. The average molecular weight is 363 g/mol. The summed E-state index contributed by atoms with van der Waals surface area (Å²) < 4.78 is 11.2. The number of amides is 1. The van der Waals surface area contributed by atoms with Gasteiger partial charge in [-0.15, -0.1) is 12.4 Å². The van der Waals surface area contributed by atoms with E-state index in [1.165, 1.54) is 6.26 Å². The molecule has 2 N–H and O–H groups in total. The zero-order valence-corrected chi connectivity index (χ0v) is 15.2. The number of carbonyl (C=O) groups excluding carboxylic acids is 1. The number of rotatable bonds is 6. The number of para-hydroxylation sites is 1. The molecule has 25 heavy (non-hydrogen) atoms. The molecule has 1 atom stereocenters. The van der Waals surface area contributed by atoms with Gasteiger partial charge in [0, 0.05) is 11.9 Å². The van der Waals surface area contributed by atoms with Crippen molar-refractivity contribution in [2.45, 2.75) is 32.9 Å². The monoisotopic (exact) mass is 362 g/mol. The molecule has 3 aromatic rings. The van der Waals surface area contributed by atoms with Crippen molar-refractivity contribution in [3.8, 4) is 0 Å². The molecule has 134 valence electrons. The minimum Gasteiger partial charge on any atom is -0.467 e. The first-order chi connectivity index (χ1) is 11.6. The smallest absolute Gasteiger partial charge is 0.257 e. The first-order valence-electron chi connectivity index (χ1n) is 8.21. The van der Waals surface area contributed by atoms with Gasteiger partial charge in [0.05, 0.1) is 18.2 Å². The first-order valence-corrected chi connectivity index (χ1v) is 8.21. The molecule has 2 aromatic heterocycles. The van der Waals surface area contributed by atoms with Crippen molar-refractivity contribution in [3.05, 3.63) is 59.7 Å². The van der Waals surface area contributed by atoms with E-state index < -0.39 is 0 Å². The van der Waals surface area contributed by atoms with Gasteiger partial charge >= 0.3 is 0 Å². The normalized spacial score (nSPS) is 12.0. The maximum atomic E-state index is 12.9. The summed E-state index contributed by atoms with van der Waals surface area (Å²) in [5.41, 5.74) is 6.91. The van der Waals surface area contributed by atoms with E-state index in [4.69, 9.17) is 14.6 Å². The van der Waals surface area contributed by atoms with Crippen LogP contribution in [0.2, 0.25) is 0 Å². The standard InChI is InChI=1S/C19H22N2O3.ClH/c1-3-8-21(19(22)15-9-16(11-20)23-12-15)13(2)18-10-14-6-4-5-7-17(14)24-18;/h4-7,9-10,12-13H,3,8,11,20H2,1-2H3;1H. The van der Waals surface area contributed by atoms with E-state index in [0.29, 0.717) is 17.9 Å². The molecule has 6 heteroatoms. The molecule has 2 heterocycles. The highest BCUT2D eigenvalue weighted by atomic mass is 35.5. The van der Waals surface area contributed by atoms with Crippen LogP contribution in [0, 0.1) is 0 Å². The zero-order valence-electron chi connectivity index (χ0n) is 14.4. The Morgan fingerprint density at radius 2 is 2.04 bits per heavy atom. The van der Waals surface area contributed by atoms with E-state index in [-0.39, 0.29) is 30.9 Å². The van der Waals surface area contributed by atoms with E-state index in [2.05, 4.69) is 0 Å². The van der Waals surface area contributed by atoms with Crippen molar-refractivity contribution < 1.29 is 13.6 Å². The van der Waals surface area contributed by atoms with Gasteiger partial charge in [-0.1, -0.05) is 25.1 Å². The molecule has 1 amide bonds. The molecule has 0 aliphatic heterocycles. The predicted molar refractivity (Wildman–Crippen MR) is 99.8 cm³/mol. The third-order valence-corrected chi connectivity index (χ3v) is 4.15. The van der Waals surface area contributed by atoms with Gasteiger partial charge in [-0.25, -0.2) is 0 Å². The lowest BCUT2D eigenvalue weighted by atomic mass is 10.1. The van der Waals surface area contributed by atoms with Gasteiger partial charge in [0.1, 0.15) is 23.4 Å². The lowest BCUT2D eigenvalue weighted by molar-refractivity contribution is 0.0671. The number of nitrogens with two attached hydrogens (primary N) is 1. The molecule has 0 bridgehead atoms. The molecule has 0 aliphatic carbocycles. The number of carbonyl (C=O) groups is 1. The quantitative estimate of drug-likeness (QED) is 0.699. The van der Waals surface area contributed by atoms with Crippen LogP contribution in [0.25, 0.3) is 11.0 Å². The van der Waals surface area contributed by atoms with Gasteiger partial charge in [0.15, 0.2) is 0 Å². The summed E-state index contributed by atoms with van der Waals surface area (Å²) in [6.45, 7) is 4.95. The second kappa shape index (κ2) is 8.23. The van der Waals surface area contributed by atoms with Gasteiger partial charge in [0.25, 0.3) is 5.91 Å². The molecule has 0 aliphatic rings. The predicted octanol–water partition coefficient (Wildman–Crippen LogP) is 4.52. The van der Waals surface area contributed by atoms with Crippen molar-refractivity contribution in [2.24, 2.45) is 5.73 Å². The van der Waals surface area contributed by atoms with Crippen molar-refractivity contribution >= 4 is 29.3 Å². The number of furan rings is 2. The van der Waals surface area contributed by atoms with Crippen LogP contribution in [-0.2, 0) is 6.54 Å². The lowest BCUT2D eigenvalue weighted by Gasteiger charge is -2.27. The highest BCUT2D eigenvalue weighted by Crippen LogP contribution is 2.28. The Morgan fingerprint density at radius 3 is 2.68 bits per heavy atom. The summed E-state index contributed by atoms with van der Waals surface area (Å²) in [5.74, 6) is 1.31. The zero-order chi connectivity index (χ0) is 17.1. The molecule has 3 rings (SSSR count). The van der Waals surface area contributed by atoms with Crippen molar-refractivity contribution in [3.63, 3.8) is 0 Å². The molecule has 1 aromatic carbocycles. The van der Waals surface area contributed by atoms with E-state index in [1.54, 1.807) is 6.07 Å². The summed E-state index contributed by atoms with van der Waals surface area (Å²) >= 11 is 0. The molecular weight excluding hydrogens is 340 g/mol. The average Bonchev–Trinajstić information content (AvgIpc) is 3.24. The maximum Gasteiger partial charge on any atom is 0.257 e. The third kappa shape index (κ3) is 3.89. The van der Waals surface area contributed by atoms with Gasteiger partial charge in [-0.2, -0.15) is 0 Å². The van der Waals surface area contributed by atoms with Gasteiger partial charge in [0.2, 0.25) is 0 Å². The molecule has 0 fully saturated rings. The minimum atomic E-state index is -0.166. The number of nitrogens with zero attached hydrogens (tertiary/aromatic N) is 1. The second-order valence-corrected chi connectivity index (χ2v) is 5.87. The largest absolute Gasteiger partial charge is 0.467 e. The second-order valence-electron chi connectivity index (χ2n) is 5.87. The maximum absolute atomic E-state index is 12.9. The Balaban J connectivity index is 0.00000225. The van der Waals surface area contributed by atoms with Crippen molar-refractivity contribution in [2.75, 3.05) is 6.54 Å². The van der Waals surface area contributed by atoms with E-state index in [9.17, 15) is 4.79 Å². The Hall–Kier alpha value is -2.24. The number of fused-ring (bicyclic) bond motifs is 1. The summed E-state index contributed by atoms with van der Waals surface area (Å²) in [5, 5.41) is 1.04. The van der Waals surface area contributed by atoms with Crippen LogP contribution in [0.4, 0.5) is 0 Å². The third-order valence-electron chi connectivity index (χ3n) is 4.15. The van der Waals surface area contributed by atoms with Crippen LogP contribution < -0.4 is 5.73 Å². The van der Waals surface area contributed by atoms with Gasteiger partial charge < -0.3 is 19.5 Å². The van der Waals surface area contributed by atoms with E-state index in [1.807, 2.05) is 49.1 Å². The highest BCUT2D eigenvalue weighted by Gasteiger charge is 2.25. The van der Waals surface area contributed by atoms with Crippen LogP contribution in [0.1, 0.15) is 48.2 Å². The molecule has 0 saturated carbocycles. The summed E-state index contributed by atoms with van der Waals surface area (Å²) in [7, 11) is 0. The minimum absolute atomic E-state index is 0. The number of hydrogen-bond acceptors (Lipinski definition) is 4. The van der Waals surface area contributed by atoms with Crippen molar-refractivity contribution in [1.29, 1.82) is 0 Å². The van der Waals surface area contributed by atoms with Gasteiger partial charge in [-0.3, -0.25) is 4.79 Å². The Morgan fingerprint density at radius 1 is 1.28 bits per heavy atom. The molecular formula is C19H23ClN2O3. The topological polar surface area (TPSA) is 72.6 Å². The highest BCUT2D eigenvalue weighted by molar-refractivity contribution is 5.94. The van der Waals surface area contributed by atoms with E-state index in [0.717, 1.165) is 23.2 Å². The van der Waals surface area contributed by atoms with Crippen molar-refractivity contribution in [1.82, 2.24) is 4.90 Å². The fourth-order valence-corrected chi connectivity index (χ4v) is 2.84. The molecule has 0 radical (unpaired) electrons. The summed E-state index contributed by atoms with van der Waals surface area (Å²) in [6.07, 6.45) is 2.33. The molecule has 5 nitrogen and oxygen atoms in total. The van der Waals surface area contributed by atoms with Crippen LogP contribution in [0.3, 0.4) is 0 Å². The molecule has 1 unspecified atom stereocenters. The number of benzene rings is 1. The fourth-order valence-electron chi connectivity index (χ4n) is 2.84. The van der Waals surface area contributed by atoms with Crippen LogP contribution >= 0.6 is 12.4 Å². The summed E-state index contributed by atoms with van der Waals surface area (Å²) in [4.78, 5) is 14.7. The first kappa shape index (κ1) is 19.1. The lowest BCUT2D eigenvalue weighted by Crippen LogP contribution is -2.34. The fraction of sp³-hybridized carbons (Fsp3) is 0.316. The SMILES string of the molecule is CCCN(C(=O)c1coc(CN)c1)C(C)c1cc2ccccc2o1.Cl. The number of hydrogen-bond donors (Lipinski definition) is 1. The van der Waals surface area contributed by atoms with Crippen LogP contribution in [0.15, 0.2) is 51.5 Å². The Labute approximate surface area is 153 Å². The van der Waals surface area contributed by atoms with Crippen LogP contribution in [-0.4, -0.2) is 17.4 Å². The molecule has 0 spiro atoms. The van der Waals surface area contributed by atoms with Gasteiger partial charge in [-0.05, 0) is 31.5 Å². The Kier molecular flexibility index (Phi) is 6.28. The van der Waals surface area contributed by atoms with E-state index >= 15 is 0 Å².